The molecule has 0 bridgehead atoms. The largest absolute Gasteiger partial charge is 1.00 e. The first-order valence-electron chi connectivity index (χ1n) is 3.07. The van der Waals surface area contributed by atoms with Gasteiger partial charge >= 0.3 is 24.8 Å². The quantitative estimate of drug-likeness (QED) is 0.405. The normalized spacial score (nSPS) is 30.1. The fraction of sp³-hybridized carbons (Fsp3) is 0.833. The summed E-state index contributed by atoms with van der Waals surface area (Å²) in [4.78, 5) is 10.2. The molecule has 0 spiro atoms. The van der Waals surface area contributed by atoms with Gasteiger partial charge in [0.15, 0.2) is 0 Å². The molecule has 0 aromatic carbocycles. The predicted octanol–water partition coefficient (Wildman–Crippen LogP) is -2.79. The summed E-state index contributed by atoms with van der Waals surface area (Å²) in [7, 11) is 0. The second-order valence-electron chi connectivity index (χ2n) is 2.56. The van der Waals surface area contributed by atoms with Crippen LogP contribution >= 0.6 is 0 Å². The summed E-state index contributed by atoms with van der Waals surface area (Å²) in [6, 6.07) is 0. The molecule has 1 fully saturated rings. The Labute approximate surface area is 73.1 Å². The molecule has 10 heavy (non-hydrogen) atoms. The van der Waals surface area contributed by atoms with Crippen molar-refractivity contribution in [3.05, 3.63) is 0 Å². The number of aliphatic hydroxyl groups excluding tert-OH is 1. The second kappa shape index (κ2) is 4.02. The maximum Gasteiger partial charge on any atom is 1.00 e. The minimum Gasteiger partial charge on any atom is -1.00 e. The van der Waals surface area contributed by atoms with Gasteiger partial charge in [-0.1, -0.05) is 0 Å². The van der Waals surface area contributed by atoms with Gasteiger partial charge in [0.2, 0.25) is 0 Å². The first kappa shape index (κ1) is 10.0. The van der Waals surface area contributed by atoms with Crippen LogP contribution in [0.1, 0.15) is 14.3 Å². The molecule has 0 radical (unpaired) electrons. The standard InChI is InChI=1S/C6H10O3.Li.H/c7-3-4-1-5(2-4)6(8)9;;/h4-5,7H,1-3H2,(H,8,9);;/q;+1;-1. The number of carboxylic acid groups (broad SMARTS) is 1. The average molecular weight is 138 g/mol. The molecule has 1 aliphatic rings. The molecule has 0 atom stereocenters. The van der Waals surface area contributed by atoms with Gasteiger partial charge in [0.05, 0.1) is 5.92 Å². The monoisotopic (exact) mass is 138 g/mol. The first-order valence-corrected chi connectivity index (χ1v) is 3.07. The van der Waals surface area contributed by atoms with Gasteiger partial charge in [-0.2, -0.15) is 0 Å². The summed E-state index contributed by atoms with van der Waals surface area (Å²) in [5, 5.41) is 16.9. The van der Waals surface area contributed by atoms with Gasteiger partial charge in [-0.3, -0.25) is 4.79 Å². The van der Waals surface area contributed by atoms with Crippen LogP contribution < -0.4 is 18.9 Å². The van der Waals surface area contributed by atoms with E-state index in [0.717, 1.165) is 0 Å². The fourth-order valence-corrected chi connectivity index (χ4v) is 1.09. The molecule has 0 unspecified atom stereocenters. The molecule has 0 heterocycles. The molecule has 1 rings (SSSR count). The van der Waals surface area contributed by atoms with Crippen molar-refractivity contribution in [3.63, 3.8) is 0 Å². The zero-order chi connectivity index (χ0) is 6.85. The van der Waals surface area contributed by atoms with Crippen LogP contribution in [0.4, 0.5) is 0 Å². The molecule has 1 saturated carbocycles. The van der Waals surface area contributed by atoms with Crippen LogP contribution in [-0.4, -0.2) is 22.8 Å². The van der Waals surface area contributed by atoms with Crippen LogP contribution in [0.2, 0.25) is 0 Å². The molecule has 3 nitrogen and oxygen atoms in total. The van der Waals surface area contributed by atoms with Crippen LogP contribution in [0.25, 0.3) is 0 Å². The number of carbonyl (C=O) groups is 1. The summed E-state index contributed by atoms with van der Waals surface area (Å²) in [6.07, 6.45) is 1.32. The van der Waals surface area contributed by atoms with Crippen molar-refractivity contribution in [3.8, 4) is 0 Å². The Kier molecular flexibility index (Phi) is 4.03. The predicted molar refractivity (Wildman–Crippen MR) is 32.0 cm³/mol. The third kappa shape index (κ3) is 2.01. The number of aliphatic hydroxyl groups is 1. The summed E-state index contributed by atoms with van der Waals surface area (Å²) in [5.74, 6) is -0.645. The Hall–Kier alpha value is 0.0274. The van der Waals surface area contributed by atoms with Gasteiger partial charge in [-0.05, 0) is 18.8 Å². The van der Waals surface area contributed by atoms with E-state index in [-0.39, 0.29) is 38.7 Å². The van der Waals surface area contributed by atoms with E-state index in [1.165, 1.54) is 0 Å². The van der Waals surface area contributed by atoms with E-state index in [4.69, 9.17) is 10.2 Å². The molecule has 0 aromatic heterocycles. The van der Waals surface area contributed by atoms with Gasteiger partial charge in [-0.25, -0.2) is 0 Å². The molecule has 54 valence electrons. The zero-order valence-electron chi connectivity index (χ0n) is 7.08. The van der Waals surface area contributed by atoms with Crippen LogP contribution in [-0.2, 0) is 4.79 Å². The van der Waals surface area contributed by atoms with Gasteiger partial charge in [0, 0.05) is 6.61 Å². The smallest absolute Gasteiger partial charge is 1.00 e. The molecule has 2 N–H and O–H groups in total. The molecule has 0 saturated heterocycles. The second-order valence-corrected chi connectivity index (χ2v) is 2.56. The number of carboxylic acids is 1. The molecule has 0 aromatic rings. The molecule has 4 heteroatoms. The molecule has 0 aliphatic heterocycles. The van der Waals surface area contributed by atoms with Gasteiger partial charge < -0.3 is 11.6 Å². The molecule has 0 amide bonds. The fourth-order valence-electron chi connectivity index (χ4n) is 1.09. The SMILES string of the molecule is O=C(O)C1CC(CO)C1.[H-].[Li+]. The van der Waals surface area contributed by atoms with E-state index in [1.807, 2.05) is 0 Å². The van der Waals surface area contributed by atoms with Crippen molar-refractivity contribution in [2.24, 2.45) is 11.8 Å². The maximum atomic E-state index is 10.2. The van der Waals surface area contributed by atoms with E-state index in [2.05, 4.69) is 0 Å². The number of aliphatic carboxylic acids is 1. The van der Waals surface area contributed by atoms with E-state index in [1.54, 1.807) is 0 Å². The van der Waals surface area contributed by atoms with Gasteiger partial charge in [0.1, 0.15) is 0 Å². The Bertz CT molecular complexity index is 125. The van der Waals surface area contributed by atoms with Crippen molar-refractivity contribution in [1.29, 1.82) is 0 Å². The maximum absolute atomic E-state index is 10.2. The van der Waals surface area contributed by atoms with Gasteiger partial charge in [-0.15, -0.1) is 0 Å². The number of rotatable bonds is 2. The summed E-state index contributed by atoms with van der Waals surface area (Å²) < 4.78 is 0. The Morgan fingerprint density at radius 1 is 1.60 bits per heavy atom. The van der Waals surface area contributed by atoms with E-state index in [0.29, 0.717) is 12.8 Å². The molecular formula is C6H11LiO3. The van der Waals surface area contributed by atoms with E-state index >= 15 is 0 Å². The zero-order valence-corrected chi connectivity index (χ0v) is 6.08. The summed E-state index contributed by atoms with van der Waals surface area (Å²) >= 11 is 0. The van der Waals surface area contributed by atoms with Crippen molar-refractivity contribution >= 4 is 5.97 Å². The minimum atomic E-state index is -0.722. The van der Waals surface area contributed by atoms with Crippen molar-refractivity contribution in [1.82, 2.24) is 0 Å². The summed E-state index contributed by atoms with van der Waals surface area (Å²) in [5.41, 5.74) is 0. The van der Waals surface area contributed by atoms with Crippen LogP contribution in [0.3, 0.4) is 0 Å². The Morgan fingerprint density at radius 2 is 2.10 bits per heavy atom. The summed E-state index contributed by atoms with van der Waals surface area (Å²) in [6.45, 7) is 0.143. The topological polar surface area (TPSA) is 57.5 Å². The Morgan fingerprint density at radius 3 is 2.40 bits per heavy atom. The first-order chi connectivity index (χ1) is 4.24. The number of hydrogen-bond acceptors (Lipinski definition) is 2. The van der Waals surface area contributed by atoms with E-state index in [9.17, 15) is 4.79 Å². The number of hydrogen-bond donors (Lipinski definition) is 2. The average Bonchev–Trinajstić information content (AvgIpc) is 1.61. The third-order valence-electron chi connectivity index (χ3n) is 1.84. The van der Waals surface area contributed by atoms with E-state index < -0.39 is 5.97 Å². The third-order valence-corrected chi connectivity index (χ3v) is 1.84. The Balaban J connectivity index is 0. The van der Waals surface area contributed by atoms with Crippen molar-refractivity contribution < 1.29 is 35.3 Å². The minimum absolute atomic E-state index is 0. The molecular weight excluding hydrogens is 127 g/mol. The van der Waals surface area contributed by atoms with Crippen LogP contribution in [0, 0.1) is 11.8 Å². The molecule has 1 aliphatic carbocycles. The van der Waals surface area contributed by atoms with Crippen LogP contribution in [0.15, 0.2) is 0 Å². The van der Waals surface area contributed by atoms with Gasteiger partial charge in [0.25, 0.3) is 0 Å². The van der Waals surface area contributed by atoms with Crippen LogP contribution in [0.5, 0.6) is 0 Å². The van der Waals surface area contributed by atoms with Crippen molar-refractivity contribution in [2.45, 2.75) is 12.8 Å². The van der Waals surface area contributed by atoms with Crippen molar-refractivity contribution in [2.75, 3.05) is 6.61 Å².